The summed E-state index contributed by atoms with van der Waals surface area (Å²) in [6.07, 6.45) is 3.18. The van der Waals surface area contributed by atoms with E-state index in [1.807, 2.05) is 6.07 Å². The highest BCUT2D eigenvalue weighted by Crippen LogP contribution is 2.20. The van der Waals surface area contributed by atoms with E-state index < -0.39 is 6.04 Å². The van der Waals surface area contributed by atoms with E-state index in [-0.39, 0.29) is 18.4 Å². The molecule has 1 aliphatic rings. The van der Waals surface area contributed by atoms with Crippen molar-refractivity contribution in [2.75, 3.05) is 13.6 Å². The molecular formula is C16H19N5O3. The van der Waals surface area contributed by atoms with E-state index in [1.165, 1.54) is 11.8 Å². The number of carbonyl (C=O) groups excluding carboxylic acids is 2. The first-order valence-electron chi connectivity index (χ1n) is 7.82. The van der Waals surface area contributed by atoms with Crippen LogP contribution in [0, 0.1) is 0 Å². The lowest BCUT2D eigenvalue weighted by molar-refractivity contribution is -0.142. The Kier molecular flexibility index (Phi) is 4.54. The third kappa shape index (κ3) is 3.27. The lowest BCUT2D eigenvalue weighted by Crippen LogP contribution is -2.45. The van der Waals surface area contributed by atoms with Gasteiger partial charge >= 0.3 is 0 Å². The highest BCUT2D eigenvalue weighted by Gasteiger charge is 2.34. The van der Waals surface area contributed by atoms with Crippen molar-refractivity contribution < 1.29 is 14.1 Å². The van der Waals surface area contributed by atoms with E-state index in [4.69, 9.17) is 4.52 Å². The van der Waals surface area contributed by atoms with Gasteiger partial charge in [-0.1, -0.05) is 11.2 Å². The number of pyridine rings is 1. The monoisotopic (exact) mass is 329 g/mol. The van der Waals surface area contributed by atoms with Crippen LogP contribution in [0.3, 0.4) is 0 Å². The van der Waals surface area contributed by atoms with Gasteiger partial charge in [0.2, 0.25) is 23.5 Å². The summed E-state index contributed by atoms with van der Waals surface area (Å²) in [7, 11) is 1.67. The molecule has 0 radical (unpaired) electrons. The second-order valence-corrected chi connectivity index (χ2v) is 5.79. The molecule has 24 heavy (non-hydrogen) atoms. The van der Waals surface area contributed by atoms with Crippen molar-refractivity contribution in [3.63, 3.8) is 0 Å². The summed E-state index contributed by atoms with van der Waals surface area (Å²) in [4.78, 5) is 35.7. The molecule has 1 fully saturated rings. The van der Waals surface area contributed by atoms with Crippen LogP contribution in [0.25, 0.3) is 11.5 Å². The molecule has 1 saturated heterocycles. The Bertz CT molecular complexity index is 730. The fraction of sp³-hybridized carbons (Fsp3) is 0.438. The molecule has 3 rings (SSSR count). The van der Waals surface area contributed by atoms with Gasteiger partial charge in [0.05, 0.1) is 6.54 Å². The molecule has 0 saturated carbocycles. The summed E-state index contributed by atoms with van der Waals surface area (Å²) >= 11 is 0. The maximum Gasteiger partial charge on any atom is 0.246 e. The average molecular weight is 329 g/mol. The van der Waals surface area contributed by atoms with E-state index in [0.717, 1.165) is 6.42 Å². The predicted molar refractivity (Wildman–Crippen MR) is 84.4 cm³/mol. The van der Waals surface area contributed by atoms with Gasteiger partial charge in [0.1, 0.15) is 11.7 Å². The fourth-order valence-corrected chi connectivity index (χ4v) is 2.85. The van der Waals surface area contributed by atoms with Crippen molar-refractivity contribution in [1.29, 1.82) is 0 Å². The molecular weight excluding hydrogens is 310 g/mol. The summed E-state index contributed by atoms with van der Waals surface area (Å²) in [6.45, 7) is 2.31. The molecule has 1 atom stereocenters. The van der Waals surface area contributed by atoms with E-state index in [9.17, 15) is 9.59 Å². The molecule has 8 heteroatoms. The Hall–Kier alpha value is -2.77. The molecule has 2 amide bonds. The lowest BCUT2D eigenvalue weighted by atomic mass is 10.2. The molecule has 0 N–H and O–H groups in total. The van der Waals surface area contributed by atoms with Crippen LogP contribution in [-0.2, 0) is 16.1 Å². The molecule has 3 heterocycles. The van der Waals surface area contributed by atoms with E-state index in [2.05, 4.69) is 15.1 Å². The van der Waals surface area contributed by atoms with Gasteiger partial charge in [0.25, 0.3) is 0 Å². The number of likely N-dealkylation sites (tertiary alicyclic amines) is 1. The van der Waals surface area contributed by atoms with Gasteiger partial charge in [-0.3, -0.25) is 14.6 Å². The molecule has 2 aromatic heterocycles. The van der Waals surface area contributed by atoms with Gasteiger partial charge in [0, 0.05) is 26.7 Å². The summed E-state index contributed by atoms with van der Waals surface area (Å²) in [5, 5.41) is 3.89. The number of amides is 2. The molecule has 0 bridgehead atoms. The van der Waals surface area contributed by atoms with Gasteiger partial charge in [-0.05, 0) is 25.0 Å². The second-order valence-electron chi connectivity index (χ2n) is 5.79. The molecule has 126 valence electrons. The van der Waals surface area contributed by atoms with E-state index in [0.29, 0.717) is 30.4 Å². The zero-order valence-electron chi connectivity index (χ0n) is 13.7. The van der Waals surface area contributed by atoms with Crippen LogP contribution in [0.1, 0.15) is 25.7 Å². The smallest absolute Gasteiger partial charge is 0.246 e. The van der Waals surface area contributed by atoms with Crippen molar-refractivity contribution in [1.82, 2.24) is 24.9 Å². The van der Waals surface area contributed by atoms with Crippen molar-refractivity contribution in [2.24, 2.45) is 0 Å². The van der Waals surface area contributed by atoms with Gasteiger partial charge in [-0.2, -0.15) is 4.98 Å². The molecule has 0 unspecified atom stereocenters. The van der Waals surface area contributed by atoms with E-state index >= 15 is 0 Å². The Morgan fingerprint density at radius 1 is 1.42 bits per heavy atom. The SMILES string of the molecule is CC(=O)N1CCC[C@H]1C(=O)N(C)Cc1nc(-c2ccccn2)no1. The molecule has 2 aromatic rings. The summed E-state index contributed by atoms with van der Waals surface area (Å²) < 4.78 is 5.20. The van der Waals surface area contributed by atoms with Crippen LogP contribution in [0.15, 0.2) is 28.9 Å². The summed E-state index contributed by atoms with van der Waals surface area (Å²) in [5.41, 5.74) is 0.611. The minimum absolute atomic E-state index is 0.0746. The molecule has 0 spiro atoms. The van der Waals surface area contributed by atoms with E-state index in [1.54, 1.807) is 30.3 Å². The van der Waals surface area contributed by atoms with Gasteiger partial charge < -0.3 is 14.3 Å². The van der Waals surface area contributed by atoms with Crippen LogP contribution in [0.4, 0.5) is 0 Å². The van der Waals surface area contributed by atoms with Crippen LogP contribution >= 0.6 is 0 Å². The minimum atomic E-state index is -0.398. The summed E-state index contributed by atoms with van der Waals surface area (Å²) in [6, 6.07) is 5.03. The zero-order valence-corrected chi connectivity index (χ0v) is 13.7. The number of hydrogen-bond donors (Lipinski definition) is 0. The second kappa shape index (κ2) is 6.77. The van der Waals surface area contributed by atoms with Gasteiger partial charge in [-0.15, -0.1) is 0 Å². The number of likely N-dealkylation sites (N-methyl/N-ethyl adjacent to an activating group) is 1. The maximum atomic E-state index is 12.6. The number of carbonyl (C=O) groups is 2. The molecule has 0 aromatic carbocycles. The largest absolute Gasteiger partial charge is 0.337 e. The quantitative estimate of drug-likeness (QED) is 0.834. The van der Waals surface area contributed by atoms with Crippen LogP contribution in [0.2, 0.25) is 0 Å². The van der Waals surface area contributed by atoms with Crippen molar-refractivity contribution in [2.45, 2.75) is 32.4 Å². The zero-order chi connectivity index (χ0) is 17.1. The maximum absolute atomic E-state index is 12.6. The van der Waals surface area contributed by atoms with Crippen molar-refractivity contribution in [3.05, 3.63) is 30.3 Å². The minimum Gasteiger partial charge on any atom is -0.337 e. The number of hydrogen-bond acceptors (Lipinski definition) is 6. The first-order valence-corrected chi connectivity index (χ1v) is 7.82. The first kappa shape index (κ1) is 16.1. The average Bonchev–Trinajstić information content (AvgIpc) is 3.24. The Labute approximate surface area is 139 Å². The first-order chi connectivity index (χ1) is 11.6. The van der Waals surface area contributed by atoms with Crippen LogP contribution in [-0.4, -0.2) is 56.4 Å². The summed E-state index contributed by atoms with van der Waals surface area (Å²) in [5.74, 6) is 0.534. The van der Waals surface area contributed by atoms with Gasteiger partial charge in [0.15, 0.2) is 0 Å². The Morgan fingerprint density at radius 3 is 2.96 bits per heavy atom. The molecule has 1 aliphatic heterocycles. The lowest BCUT2D eigenvalue weighted by Gasteiger charge is -2.26. The van der Waals surface area contributed by atoms with Crippen molar-refractivity contribution in [3.8, 4) is 11.5 Å². The third-order valence-corrected chi connectivity index (χ3v) is 4.05. The Balaban J connectivity index is 1.67. The highest BCUT2D eigenvalue weighted by atomic mass is 16.5. The highest BCUT2D eigenvalue weighted by molar-refractivity contribution is 5.87. The normalized spacial score (nSPS) is 17.1. The fourth-order valence-electron chi connectivity index (χ4n) is 2.85. The molecule has 0 aliphatic carbocycles. The Morgan fingerprint density at radius 2 is 2.25 bits per heavy atom. The third-order valence-electron chi connectivity index (χ3n) is 4.05. The van der Waals surface area contributed by atoms with Crippen LogP contribution in [0.5, 0.6) is 0 Å². The standard InChI is InChI=1S/C16H19N5O3/c1-11(22)21-9-5-7-13(21)16(23)20(2)10-14-18-15(19-24-14)12-6-3-4-8-17-12/h3-4,6,8,13H,5,7,9-10H2,1-2H3/t13-/m0/s1. The van der Waals surface area contributed by atoms with Crippen LogP contribution < -0.4 is 0 Å². The predicted octanol–water partition coefficient (Wildman–Crippen LogP) is 1.10. The number of aromatic nitrogens is 3. The number of nitrogens with zero attached hydrogens (tertiary/aromatic N) is 5. The van der Waals surface area contributed by atoms with Gasteiger partial charge in [-0.25, -0.2) is 0 Å². The number of rotatable bonds is 4. The van der Waals surface area contributed by atoms with Crippen molar-refractivity contribution >= 4 is 11.8 Å². The molecule has 8 nitrogen and oxygen atoms in total. The topological polar surface area (TPSA) is 92.4 Å².